The minimum Gasteiger partial charge on any atom is -0.493 e. The minimum absolute atomic E-state index is 0.0334. The van der Waals surface area contributed by atoms with E-state index in [1.807, 2.05) is 60.7 Å². The van der Waals surface area contributed by atoms with Crippen LogP contribution in [0.15, 0.2) is 66.9 Å². The maximum absolute atomic E-state index is 12.3. The van der Waals surface area contributed by atoms with Crippen molar-refractivity contribution in [2.45, 2.75) is 19.4 Å². The number of hydrogen-bond acceptors (Lipinski definition) is 5. The standard InChI is InChI=1S/C23H25N3O3/c1-28-21-12-6-17(15-22(21)29-2)7-13-23(27)26-19-10-8-18(9-11-19)25-16-20-5-3-4-14-24-20/h3-6,8-12,14-15,25H,7,13,16H2,1-2H3,(H,26,27). The second-order valence-corrected chi connectivity index (χ2v) is 6.49. The zero-order chi connectivity index (χ0) is 20.5. The van der Waals surface area contributed by atoms with E-state index in [2.05, 4.69) is 15.6 Å². The molecule has 1 aromatic heterocycles. The summed E-state index contributed by atoms with van der Waals surface area (Å²) in [6.45, 7) is 0.651. The van der Waals surface area contributed by atoms with Gasteiger partial charge in [-0.1, -0.05) is 12.1 Å². The SMILES string of the molecule is COc1ccc(CCC(=O)Nc2ccc(NCc3ccccn3)cc2)cc1OC. The number of rotatable bonds is 9. The van der Waals surface area contributed by atoms with Crippen molar-refractivity contribution in [3.63, 3.8) is 0 Å². The fourth-order valence-corrected chi connectivity index (χ4v) is 2.88. The van der Waals surface area contributed by atoms with Crippen LogP contribution in [0.4, 0.5) is 11.4 Å². The Hall–Kier alpha value is -3.54. The molecule has 0 aliphatic carbocycles. The molecule has 0 aliphatic rings. The Morgan fingerprint density at radius 3 is 2.38 bits per heavy atom. The van der Waals surface area contributed by atoms with E-state index >= 15 is 0 Å². The molecule has 3 aromatic rings. The van der Waals surface area contributed by atoms with Gasteiger partial charge in [-0.2, -0.15) is 0 Å². The number of nitrogens with one attached hydrogen (secondary N) is 2. The third-order valence-corrected chi connectivity index (χ3v) is 4.46. The number of nitrogens with zero attached hydrogens (tertiary/aromatic N) is 1. The summed E-state index contributed by atoms with van der Waals surface area (Å²) in [5, 5.41) is 6.24. The van der Waals surface area contributed by atoms with Crippen LogP contribution in [-0.2, 0) is 17.8 Å². The first kappa shape index (κ1) is 20.2. The van der Waals surface area contributed by atoms with Crippen LogP contribution in [0.2, 0.25) is 0 Å². The van der Waals surface area contributed by atoms with Crippen molar-refractivity contribution in [2.24, 2.45) is 0 Å². The number of anilines is 2. The Bertz CT molecular complexity index is 928. The topological polar surface area (TPSA) is 72.5 Å². The van der Waals surface area contributed by atoms with Gasteiger partial charge in [-0.25, -0.2) is 0 Å². The number of hydrogen-bond donors (Lipinski definition) is 2. The summed E-state index contributed by atoms with van der Waals surface area (Å²) in [6.07, 6.45) is 2.78. The fraction of sp³-hybridized carbons (Fsp3) is 0.217. The Kier molecular flexibility index (Phi) is 7.05. The van der Waals surface area contributed by atoms with Crippen molar-refractivity contribution >= 4 is 17.3 Å². The summed E-state index contributed by atoms with van der Waals surface area (Å²) in [5.74, 6) is 1.31. The molecule has 0 radical (unpaired) electrons. The molecule has 2 N–H and O–H groups in total. The van der Waals surface area contributed by atoms with Crippen molar-refractivity contribution in [2.75, 3.05) is 24.9 Å². The highest BCUT2D eigenvalue weighted by atomic mass is 16.5. The average molecular weight is 391 g/mol. The van der Waals surface area contributed by atoms with E-state index in [9.17, 15) is 4.79 Å². The van der Waals surface area contributed by atoms with Crippen LogP contribution in [-0.4, -0.2) is 25.1 Å². The first-order chi connectivity index (χ1) is 14.2. The minimum atomic E-state index is -0.0334. The predicted molar refractivity (Wildman–Crippen MR) is 115 cm³/mol. The molecule has 0 saturated heterocycles. The van der Waals surface area contributed by atoms with Crippen molar-refractivity contribution in [1.29, 1.82) is 0 Å². The number of amides is 1. The molecule has 0 aliphatic heterocycles. The van der Waals surface area contributed by atoms with Crippen LogP contribution in [0.3, 0.4) is 0 Å². The third-order valence-electron chi connectivity index (χ3n) is 4.46. The summed E-state index contributed by atoms with van der Waals surface area (Å²) in [5.41, 5.74) is 3.73. The largest absolute Gasteiger partial charge is 0.493 e. The van der Waals surface area contributed by atoms with Crippen LogP contribution in [0.1, 0.15) is 17.7 Å². The molecule has 0 spiro atoms. The van der Waals surface area contributed by atoms with Gasteiger partial charge in [-0.05, 0) is 60.5 Å². The lowest BCUT2D eigenvalue weighted by Gasteiger charge is -2.10. The van der Waals surface area contributed by atoms with E-state index in [-0.39, 0.29) is 5.91 Å². The normalized spacial score (nSPS) is 10.3. The number of aryl methyl sites for hydroxylation is 1. The maximum Gasteiger partial charge on any atom is 0.224 e. The van der Waals surface area contributed by atoms with Crippen molar-refractivity contribution < 1.29 is 14.3 Å². The lowest BCUT2D eigenvalue weighted by atomic mass is 10.1. The Morgan fingerprint density at radius 1 is 0.931 bits per heavy atom. The molecule has 0 fully saturated rings. The quantitative estimate of drug-likeness (QED) is 0.570. The summed E-state index contributed by atoms with van der Waals surface area (Å²) < 4.78 is 10.5. The molecular formula is C23H25N3O3. The van der Waals surface area contributed by atoms with Crippen LogP contribution in [0, 0.1) is 0 Å². The van der Waals surface area contributed by atoms with E-state index in [0.29, 0.717) is 30.9 Å². The first-order valence-corrected chi connectivity index (χ1v) is 9.42. The molecule has 6 nitrogen and oxygen atoms in total. The molecule has 150 valence electrons. The van der Waals surface area contributed by atoms with Crippen molar-refractivity contribution in [1.82, 2.24) is 4.98 Å². The highest BCUT2D eigenvalue weighted by molar-refractivity contribution is 5.91. The highest BCUT2D eigenvalue weighted by Crippen LogP contribution is 2.28. The molecule has 0 unspecified atom stereocenters. The van der Waals surface area contributed by atoms with Gasteiger partial charge in [-0.3, -0.25) is 9.78 Å². The Balaban J connectivity index is 1.48. The van der Waals surface area contributed by atoms with E-state index in [1.54, 1.807) is 20.4 Å². The van der Waals surface area contributed by atoms with E-state index in [4.69, 9.17) is 9.47 Å². The second kappa shape index (κ2) is 10.1. The maximum atomic E-state index is 12.3. The van der Waals surface area contributed by atoms with Gasteiger partial charge in [0.15, 0.2) is 11.5 Å². The lowest BCUT2D eigenvalue weighted by molar-refractivity contribution is -0.116. The van der Waals surface area contributed by atoms with Gasteiger partial charge in [0.1, 0.15) is 0 Å². The summed E-state index contributed by atoms with van der Waals surface area (Å²) >= 11 is 0. The number of carbonyl (C=O) groups excluding carboxylic acids is 1. The number of aromatic nitrogens is 1. The molecular weight excluding hydrogens is 366 g/mol. The van der Waals surface area contributed by atoms with Crippen molar-refractivity contribution in [3.8, 4) is 11.5 Å². The van der Waals surface area contributed by atoms with Crippen LogP contribution in [0.5, 0.6) is 11.5 Å². The highest BCUT2D eigenvalue weighted by Gasteiger charge is 2.07. The lowest BCUT2D eigenvalue weighted by Crippen LogP contribution is -2.12. The number of ether oxygens (including phenoxy) is 2. The second-order valence-electron chi connectivity index (χ2n) is 6.49. The first-order valence-electron chi connectivity index (χ1n) is 9.42. The zero-order valence-electron chi connectivity index (χ0n) is 16.6. The van der Waals surface area contributed by atoms with Crippen LogP contribution >= 0.6 is 0 Å². The van der Waals surface area contributed by atoms with Gasteiger partial charge < -0.3 is 20.1 Å². The molecule has 6 heteroatoms. The smallest absolute Gasteiger partial charge is 0.224 e. The van der Waals surface area contributed by atoms with Gasteiger partial charge in [0, 0.05) is 24.0 Å². The molecule has 1 heterocycles. The van der Waals surface area contributed by atoms with Gasteiger partial charge in [-0.15, -0.1) is 0 Å². The van der Waals surface area contributed by atoms with Gasteiger partial charge in [0.25, 0.3) is 0 Å². The molecule has 29 heavy (non-hydrogen) atoms. The number of carbonyl (C=O) groups is 1. The van der Waals surface area contributed by atoms with Gasteiger partial charge in [0.2, 0.25) is 5.91 Å². The molecule has 1 amide bonds. The third kappa shape index (κ3) is 5.97. The summed E-state index contributed by atoms with van der Waals surface area (Å²) in [7, 11) is 3.20. The zero-order valence-corrected chi connectivity index (χ0v) is 16.6. The Labute approximate surface area is 170 Å². The molecule has 2 aromatic carbocycles. The van der Waals surface area contributed by atoms with Gasteiger partial charge in [0.05, 0.1) is 26.5 Å². The molecule has 3 rings (SSSR count). The van der Waals surface area contributed by atoms with E-state index in [1.165, 1.54) is 0 Å². The van der Waals surface area contributed by atoms with Crippen LogP contribution in [0.25, 0.3) is 0 Å². The molecule has 0 saturated carbocycles. The number of methoxy groups -OCH3 is 2. The monoisotopic (exact) mass is 391 g/mol. The molecule has 0 bridgehead atoms. The average Bonchev–Trinajstić information content (AvgIpc) is 2.77. The van der Waals surface area contributed by atoms with E-state index < -0.39 is 0 Å². The number of benzene rings is 2. The van der Waals surface area contributed by atoms with Crippen molar-refractivity contribution in [3.05, 3.63) is 78.1 Å². The predicted octanol–water partition coefficient (Wildman–Crippen LogP) is 4.28. The van der Waals surface area contributed by atoms with Gasteiger partial charge >= 0.3 is 0 Å². The van der Waals surface area contributed by atoms with E-state index in [0.717, 1.165) is 22.6 Å². The fourth-order valence-electron chi connectivity index (χ4n) is 2.88. The number of pyridine rings is 1. The Morgan fingerprint density at radius 2 is 1.69 bits per heavy atom. The summed E-state index contributed by atoms with van der Waals surface area (Å²) in [4.78, 5) is 16.6. The van der Waals surface area contributed by atoms with Crippen LogP contribution < -0.4 is 20.1 Å². The summed E-state index contributed by atoms with van der Waals surface area (Å²) in [6, 6.07) is 19.2. The molecule has 0 atom stereocenters.